The molecule has 0 atom stereocenters. The Bertz CT molecular complexity index is 2930. The average molecular weight is 614 g/mol. The molecule has 7 aromatic carbocycles. The number of hydrogen-bond donors (Lipinski definition) is 0. The fourth-order valence-electron chi connectivity index (χ4n) is 7.57. The summed E-state index contributed by atoms with van der Waals surface area (Å²) in [6, 6.07) is 51.5. The SMILES string of the molecule is [C-]#[N+]c1ccc2c3ccc(C)cc3n(-c3ccc4oc5ccc(-c6cccc(-n7c8ccccc8c8ccccc87)c6)cc5c4c3)c2c1. The Morgan fingerprint density at radius 3 is 1.83 bits per heavy atom. The number of fused-ring (bicyclic) bond motifs is 9. The maximum Gasteiger partial charge on any atom is 0.189 e. The quantitative estimate of drug-likeness (QED) is 0.182. The lowest BCUT2D eigenvalue weighted by molar-refractivity contribution is 0.669. The number of benzene rings is 7. The van der Waals surface area contributed by atoms with Gasteiger partial charge in [-0.2, -0.15) is 0 Å². The Morgan fingerprint density at radius 1 is 0.458 bits per heavy atom. The van der Waals surface area contributed by atoms with Gasteiger partial charge in [-0.1, -0.05) is 78.9 Å². The van der Waals surface area contributed by atoms with E-state index in [2.05, 4.69) is 154 Å². The third-order valence-corrected chi connectivity index (χ3v) is 9.76. The van der Waals surface area contributed by atoms with Crippen molar-refractivity contribution >= 4 is 71.2 Å². The minimum Gasteiger partial charge on any atom is -0.456 e. The minimum atomic E-state index is 0.630. The van der Waals surface area contributed by atoms with Crippen LogP contribution in [0.25, 0.3) is 92.9 Å². The van der Waals surface area contributed by atoms with E-state index in [1.54, 1.807) is 0 Å². The molecule has 4 nitrogen and oxygen atoms in total. The van der Waals surface area contributed by atoms with E-state index in [-0.39, 0.29) is 0 Å². The first kappa shape index (κ1) is 26.6. The van der Waals surface area contributed by atoms with E-state index in [1.807, 2.05) is 12.1 Å². The van der Waals surface area contributed by atoms with Gasteiger partial charge in [-0.25, -0.2) is 4.85 Å². The lowest BCUT2D eigenvalue weighted by atomic mass is 10.0. The molecule has 4 heteroatoms. The number of para-hydroxylation sites is 2. The first-order valence-electron chi connectivity index (χ1n) is 16.1. The molecule has 0 saturated heterocycles. The molecular formula is C44H27N3O. The molecule has 0 bridgehead atoms. The van der Waals surface area contributed by atoms with Gasteiger partial charge in [0.05, 0.1) is 23.1 Å². The topological polar surface area (TPSA) is 27.4 Å². The highest BCUT2D eigenvalue weighted by Gasteiger charge is 2.17. The second kappa shape index (κ2) is 9.96. The molecule has 0 aliphatic carbocycles. The van der Waals surface area contributed by atoms with Gasteiger partial charge < -0.3 is 13.6 Å². The second-order valence-corrected chi connectivity index (χ2v) is 12.6. The van der Waals surface area contributed by atoms with Crippen molar-refractivity contribution in [2.75, 3.05) is 0 Å². The summed E-state index contributed by atoms with van der Waals surface area (Å²) in [4.78, 5) is 3.74. The third-order valence-electron chi connectivity index (χ3n) is 9.76. The highest BCUT2D eigenvalue weighted by Crippen LogP contribution is 2.39. The standard InChI is InChI=1S/C44H27N3O/c1-27-14-18-35-36-19-16-30(45-2)25-42(36)47(41(35)22-27)32-17-21-44-38(26-32)37-24-29(15-20-43(37)48-44)28-8-7-9-31(23-28)46-39-12-5-3-10-33(39)34-11-4-6-13-40(34)46/h3-26H,1H3. The molecule has 0 N–H and O–H groups in total. The van der Waals surface area contributed by atoms with Gasteiger partial charge in [0.1, 0.15) is 11.2 Å². The monoisotopic (exact) mass is 613 g/mol. The van der Waals surface area contributed by atoms with Gasteiger partial charge in [0.15, 0.2) is 5.69 Å². The van der Waals surface area contributed by atoms with E-state index in [0.717, 1.165) is 60.9 Å². The molecule has 0 radical (unpaired) electrons. The zero-order valence-electron chi connectivity index (χ0n) is 26.1. The van der Waals surface area contributed by atoms with E-state index in [9.17, 15) is 0 Å². The summed E-state index contributed by atoms with van der Waals surface area (Å²) in [5, 5.41) is 6.96. The molecule has 0 fully saturated rings. The van der Waals surface area contributed by atoms with Crippen LogP contribution in [0, 0.1) is 13.5 Å². The van der Waals surface area contributed by atoms with Crippen molar-refractivity contribution in [1.29, 1.82) is 0 Å². The molecule has 3 aromatic heterocycles. The summed E-state index contributed by atoms with van der Waals surface area (Å²) in [6.45, 7) is 9.78. The number of furan rings is 1. The number of aromatic nitrogens is 2. The summed E-state index contributed by atoms with van der Waals surface area (Å²) in [7, 11) is 0. The molecule has 0 saturated carbocycles. The highest BCUT2D eigenvalue weighted by atomic mass is 16.3. The van der Waals surface area contributed by atoms with Gasteiger partial charge in [-0.3, -0.25) is 0 Å². The van der Waals surface area contributed by atoms with Crippen LogP contribution in [-0.4, -0.2) is 9.13 Å². The predicted molar refractivity (Wildman–Crippen MR) is 199 cm³/mol. The van der Waals surface area contributed by atoms with Gasteiger partial charge in [0, 0.05) is 49.2 Å². The lowest BCUT2D eigenvalue weighted by Crippen LogP contribution is -1.94. The molecule has 10 rings (SSSR count). The van der Waals surface area contributed by atoms with Crippen LogP contribution in [0.5, 0.6) is 0 Å². The summed E-state index contributed by atoms with van der Waals surface area (Å²) in [5.74, 6) is 0. The van der Waals surface area contributed by atoms with Crippen molar-refractivity contribution in [2.24, 2.45) is 0 Å². The fourth-order valence-corrected chi connectivity index (χ4v) is 7.57. The third kappa shape index (κ3) is 3.82. The molecule has 0 aliphatic heterocycles. The Morgan fingerprint density at radius 2 is 1.06 bits per heavy atom. The summed E-state index contributed by atoms with van der Waals surface area (Å²) >= 11 is 0. The van der Waals surface area contributed by atoms with Crippen LogP contribution in [0.4, 0.5) is 5.69 Å². The fraction of sp³-hybridized carbons (Fsp3) is 0.0227. The van der Waals surface area contributed by atoms with Gasteiger partial charge in [-0.15, -0.1) is 0 Å². The number of hydrogen-bond acceptors (Lipinski definition) is 1. The average Bonchev–Trinajstić information content (AvgIpc) is 3.78. The molecule has 10 aromatic rings. The van der Waals surface area contributed by atoms with Crippen LogP contribution in [0.2, 0.25) is 0 Å². The maximum atomic E-state index is 7.66. The summed E-state index contributed by atoms with van der Waals surface area (Å²) in [6.07, 6.45) is 0. The first-order valence-corrected chi connectivity index (χ1v) is 16.1. The zero-order chi connectivity index (χ0) is 31.9. The Hall–Kier alpha value is -6.57. The summed E-state index contributed by atoms with van der Waals surface area (Å²) in [5.41, 5.74) is 12.5. The van der Waals surface area contributed by atoms with Crippen LogP contribution >= 0.6 is 0 Å². The molecule has 0 amide bonds. The number of rotatable bonds is 3. The zero-order valence-corrected chi connectivity index (χ0v) is 26.1. The van der Waals surface area contributed by atoms with Gasteiger partial charge >= 0.3 is 0 Å². The van der Waals surface area contributed by atoms with Gasteiger partial charge in [0.2, 0.25) is 0 Å². The molecular weight excluding hydrogens is 587 g/mol. The lowest BCUT2D eigenvalue weighted by Gasteiger charge is -2.10. The van der Waals surface area contributed by atoms with E-state index < -0.39 is 0 Å². The molecule has 0 spiro atoms. The molecule has 0 aliphatic rings. The second-order valence-electron chi connectivity index (χ2n) is 12.6. The minimum absolute atomic E-state index is 0.630. The largest absolute Gasteiger partial charge is 0.456 e. The van der Waals surface area contributed by atoms with E-state index in [1.165, 1.54) is 32.8 Å². The van der Waals surface area contributed by atoms with E-state index >= 15 is 0 Å². The van der Waals surface area contributed by atoms with Crippen molar-refractivity contribution in [3.63, 3.8) is 0 Å². The number of nitrogens with zero attached hydrogens (tertiary/aromatic N) is 3. The van der Waals surface area contributed by atoms with Crippen molar-refractivity contribution in [3.05, 3.63) is 163 Å². The van der Waals surface area contributed by atoms with Crippen LogP contribution in [0.15, 0.2) is 150 Å². The maximum absolute atomic E-state index is 7.66. The predicted octanol–water partition coefficient (Wildman–Crippen LogP) is 12.3. The smallest absolute Gasteiger partial charge is 0.189 e. The molecule has 224 valence electrons. The van der Waals surface area contributed by atoms with Crippen molar-refractivity contribution in [2.45, 2.75) is 6.92 Å². The van der Waals surface area contributed by atoms with E-state index in [4.69, 9.17) is 11.0 Å². The van der Waals surface area contributed by atoms with Crippen LogP contribution in [0.1, 0.15) is 5.56 Å². The number of aryl methyl sites for hydroxylation is 1. The highest BCUT2D eigenvalue weighted by molar-refractivity contribution is 6.12. The van der Waals surface area contributed by atoms with Crippen molar-refractivity contribution in [1.82, 2.24) is 9.13 Å². The normalized spacial score (nSPS) is 11.8. The van der Waals surface area contributed by atoms with Crippen LogP contribution in [-0.2, 0) is 0 Å². The Labute approximate surface area is 276 Å². The summed E-state index contributed by atoms with van der Waals surface area (Å²) < 4.78 is 11.0. The van der Waals surface area contributed by atoms with Crippen molar-refractivity contribution in [3.8, 4) is 22.5 Å². The Kier molecular flexibility index (Phi) is 5.53. The van der Waals surface area contributed by atoms with E-state index in [0.29, 0.717) is 5.69 Å². The molecule has 48 heavy (non-hydrogen) atoms. The van der Waals surface area contributed by atoms with Gasteiger partial charge in [-0.05, 0) is 90.3 Å². The van der Waals surface area contributed by atoms with Gasteiger partial charge in [0.25, 0.3) is 0 Å². The van der Waals surface area contributed by atoms with Crippen LogP contribution in [0.3, 0.4) is 0 Å². The molecule has 3 heterocycles. The van der Waals surface area contributed by atoms with Crippen LogP contribution < -0.4 is 0 Å². The Balaban J connectivity index is 1.15. The van der Waals surface area contributed by atoms with Crippen molar-refractivity contribution < 1.29 is 4.42 Å². The first-order chi connectivity index (χ1) is 23.6. The molecule has 0 unspecified atom stereocenters.